The molecule has 0 saturated heterocycles. The Kier molecular flexibility index (Phi) is 2.87. The molecule has 0 aliphatic rings. The van der Waals surface area contributed by atoms with Crippen molar-refractivity contribution in [3.05, 3.63) is 29.8 Å². The molecule has 4 nitrogen and oxygen atoms in total. The van der Waals surface area contributed by atoms with E-state index in [1.807, 2.05) is 0 Å². The number of benzene rings is 1. The smallest absolute Gasteiger partial charge is 0.339 e. The molecule has 0 heterocycles. The third kappa shape index (κ3) is 1.97. The van der Waals surface area contributed by atoms with Gasteiger partial charge in [-0.1, -0.05) is 12.1 Å². The summed E-state index contributed by atoms with van der Waals surface area (Å²) in [6.07, 6.45) is 1.75. The van der Waals surface area contributed by atoms with Crippen LogP contribution in [0.5, 0.6) is 0 Å². The molecule has 0 atom stereocenters. The van der Waals surface area contributed by atoms with Gasteiger partial charge in [-0.15, -0.1) is 0 Å². The first-order valence-corrected chi connectivity index (χ1v) is 3.62. The second kappa shape index (κ2) is 4.12. The van der Waals surface area contributed by atoms with Crippen molar-refractivity contribution in [2.24, 2.45) is 0 Å². The molecule has 4 heteroatoms. The molecule has 0 radical (unpaired) electrons. The lowest BCUT2D eigenvalue weighted by atomic mass is 10.2. The summed E-state index contributed by atoms with van der Waals surface area (Å²) in [5.41, 5.74) is 0.809. The summed E-state index contributed by atoms with van der Waals surface area (Å²) in [6.45, 7) is 0. The number of hydrogen-bond donors (Lipinski definition) is 1. The highest BCUT2D eigenvalue weighted by molar-refractivity contribution is 5.95. The summed E-state index contributed by atoms with van der Waals surface area (Å²) in [7, 11) is 1.30. The van der Waals surface area contributed by atoms with Gasteiger partial charge in [0.2, 0.25) is 0 Å². The van der Waals surface area contributed by atoms with Gasteiger partial charge in [-0.3, -0.25) is 5.32 Å². The Balaban J connectivity index is 3.05. The Labute approximate surface area is 75.7 Å². The van der Waals surface area contributed by atoms with Crippen molar-refractivity contribution in [2.75, 3.05) is 12.4 Å². The van der Waals surface area contributed by atoms with Gasteiger partial charge in [0.1, 0.15) is 0 Å². The van der Waals surface area contributed by atoms with Gasteiger partial charge in [-0.05, 0) is 12.1 Å². The van der Waals surface area contributed by atoms with Crippen molar-refractivity contribution in [2.45, 2.75) is 0 Å². The maximum Gasteiger partial charge on any atom is 0.339 e. The highest BCUT2D eigenvalue weighted by Crippen LogP contribution is 2.14. The van der Waals surface area contributed by atoms with Crippen LogP contribution < -0.4 is 5.32 Å². The molecule has 0 unspecified atom stereocenters. The number of methoxy groups -OCH3 is 1. The molecule has 1 rings (SSSR count). The molecular formula is C9H8N2O2. The molecule has 0 saturated carbocycles. The summed E-state index contributed by atoms with van der Waals surface area (Å²) in [6, 6.07) is 6.65. The van der Waals surface area contributed by atoms with Crippen LogP contribution in [0.2, 0.25) is 0 Å². The molecule has 0 fully saturated rings. The fourth-order valence-electron chi connectivity index (χ4n) is 0.940. The van der Waals surface area contributed by atoms with Crippen molar-refractivity contribution in [1.82, 2.24) is 0 Å². The van der Waals surface area contributed by atoms with Crippen LogP contribution in [-0.2, 0) is 4.74 Å². The summed E-state index contributed by atoms with van der Waals surface area (Å²) >= 11 is 0. The second-order valence-corrected chi connectivity index (χ2v) is 2.27. The SMILES string of the molecule is COC(=O)c1ccccc1NC#N. The van der Waals surface area contributed by atoms with E-state index in [0.29, 0.717) is 11.3 Å². The van der Waals surface area contributed by atoms with Crippen molar-refractivity contribution in [3.63, 3.8) is 0 Å². The molecule has 13 heavy (non-hydrogen) atoms. The number of nitrogens with zero attached hydrogens (tertiary/aromatic N) is 1. The van der Waals surface area contributed by atoms with Gasteiger partial charge in [0.05, 0.1) is 18.4 Å². The topological polar surface area (TPSA) is 62.1 Å². The molecule has 66 valence electrons. The Morgan fingerprint density at radius 2 is 2.23 bits per heavy atom. The monoisotopic (exact) mass is 176 g/mol. The highest BCUT2D eigenvalue weighted by atomic mass is 16.5. The number of hydrogen-bond acceptors (Lipinski definition) is 4. The van der Waals surface area contributed by atoms with Crippen LogP contribution in [0.15, 0.2) is 24.3 Å². The molecule has 0 aliphatic carbocycles. The summed E-state index contributed by atoms with van der Waals surface area (Å²) in [5.74, 6) is -0.460. The Bertz CT molecular complexity index is 355. The van der Waals surface area contributed by atoms with E-state index < -0.39 is 5.97 Å². The number of nitrogens with one attached hydrogen (secondary N) is 1. The molecule has 1 N–H and O–H groups in total. The highest BCUT2D eigenvalue weighted by Gasteiger charge is 2.09. The van der Waals surface area contributed by atoms with Gasteiger partial charge >= 0.3 is 5.97 Å². The number of ether oxygens (including phenoxy) is 1. The average Bonchev–Trinajstić information content (AvgIpc) is 2.18. The van der Waals surface area contributed by atoms with E-state index in [1.165, 1.54) is 7.11 Å². The Morgan fingerprint density at radius 1 is 1.54 bits per heavy atom. The average molecular weight is 176 g/mol. The van der Waals surface area contributed by atoms with E-state index in [-0.39, 0.29) is 0 Å². The lowest BCUT2D eigenvalue weighted by Crippen LogP contribution is -2.04. The lowest BCUT2D eigenvalue weighted by molar-refractivity contribution is 0.0602. The summed E-state index contributed by atoms with van der Waals surface area (Å²) in [4.78, 5) is 11.1. The zero-order valence-electron chi connectivity index (χ0n) is 7.07. The van der Waals surface area contributed by atoms with E-state index in [1.54, 1.807) is 30.5 Å². The Morgan fingerprint density at radius 3 is 2.85 bits per heavy atom. The molecule has 1 aromatic carbocycles. The number of nitriles is 1. The minimum atomic E-state index is -0.460. The first-order valence-electron chi connectivity index (χ1n) is 3.62. The van der Waals surface area contributed by atoms with E-state index in [0.717, 1.165) is 0 Å². The number of anilines is 1. The fourth-order valence-corrected chi connectivity index (χ4v) is 0.940. The first kappa shape index (κ1) is 9.07. The molecule has 1 aromatic rings. The molecule has 0 amide bonds. The van der Waals surface area contributed by atoms with Crippen LogP contribution in [0.3, 0.4) is 0 Å². The van der Waals surface area contributed by atoms with E-state index in [9.17, 15) is 4.79 Å². The quantitative estimate of drug-likeness (QED) is 0.420. The van der Waals surface area contributed by atoms with Crippen molar-refractivity contribution < 1.29 is 9.53 Å². The van der Waals surface area contributed by atoms with E-state index in [4.69, 9.17) is 5.26 Å². The third-order valence-electron chi connectivity index (χ3n) is 1.52. The molecular weight excluding hydrogens is 168 g/mol. The zero-order valence-corrected chi connectivity index (χ0v) is 7.07. The molecule has 0 bridgehead atoms. The van der Waals surface area contributed by atoms with Crippen LogP contribution in [0, 0.1) is 11.5 Å². The second-order valence-electron chi connectivity index (χ2n) is 2.27. The van der Waals surface area contributed by atoms with Gasteiger partial charge in [-0.25, -0.2) is 4.79 Å². The Hall–Kier alpha value is -2.02. The van der Waals surface area contributed by atoms with Crippen molar-refractivity contribution in [1.29, 1.82) is 5.26 Å². The van der Waals surface area contributed by atoms with Gasteiger partial charge < -0.3 is 4.74 Å². The standard InChI is InChI=1S/C9H8N2O2/c1-13-9(12)7-4-2-3-5-8(7)11-6-10/h2-5,11H,1H3. The minimum absolute atomic E-state index is 0.353. The van der Waals surface area contributed by atoms with Crippen molar-refractivity contribution >= 4 is 11.7 Å². The summed E-state index contributed by atoms with van der Waals surface area (Å²) in [5, 5.41) is 10.8. The zero-order chi connectivity index (χ0) is 9.68. The number of para-hydroxylation sites is 1. The number of rotatable bonds is 2. The van der Waals surface area contributed by atoms with Gasteiger partial charge in [0, 0.05) is 0 Å². The third-order valence-corrected chi connectivity index (χ3v) is 1.52. The maximum absolute atomic E-state index is 11.1. The number of carbonyl (C=O) groups excluding carboxylic acids is 1. The van der Waals surface area contributed by atoms with E-state index in [2.05, 4.69) is 10.1 Å². The van der Waals surface area contributed by atoms with Crippen molar-refractivity contribution in [3.8, 4) is 6.19 Å². The molecule has 0 aliphatic heterocycles. The fraction of sp³-hybridized carbons (Fsp3) is 0.111. The predicted octanol–water partition coefficient (Wildman–Crippen LogP) is 1.37. The van der Waals surface area contributed by atoms with Crippen LogP contribution in [-0.4, -0.2) is 13.1 Å². The van der Waals surface area contributed by atoms with Crippen LogP contribution >= 0.6 is 0 Å². The number of carbonyl (C=O) groups is 1. The first-order chi connectivity index (χ1) is 6.29. The van der Waals surface area contributed by atoms with Crippen LogP contribution in [0.25, 0.3) is 0 Å². The predicted molar refractivity (Wildman–Crippen MR) is 47.0 cm³/mol. The maximum atomic E-state index is 11.1. The van der Waals surface area contributed by atoms with E-state index >= 15 is 0 Å². The minimum Gasteiger partial charge on any atom is -0.465 e. The largest absolute Gasteiger partial charge is 0.465 e. The van der Waals surface area contributed by atoms with Gasteiger partial charge in [0.15, 0.2) is 6.19 Å². The van der Waals surface area contributed by atoms with Gasteiger partial charge in [-0.2, -0.15) is 5.26 Å². The lowest BCUT2D eigenvalue weighted by Gasteiger charge is -2.03. The normalized spacial score (nSPS) is 8.62. The molecule has 0 aromatic heterocycles. The summed E-state index contributed by atoms with van der Waals surface area (Å²) < 4.78 is 4.53. The molecule has 0 spiro atoms. The van der Waals surface area contributed by atoms with Crippen LogP contribution in [0.4, 0.5) is 5.69 Å². The van der Waals surface area contributed by atoms with Gasteiger partial charge in [0.25, 0.3) is 0 Å². The van der Waals surface area contributed by atoms with Crippen LogP contribution in [0.1, 0.15) is 10.4 Å². The number of esters is 1.